The van der Waals surface area contributed by atoms with Crippen molar-refractivity contribution >= 4 is 21.2 Å². The van der Waals surface area contributed by atoms with E-state index < -0.39 is 55.8 Å². The molecule has 42 heavy (non-hydrogen) atoms. The molecule has 0 bridgehead atoms. The molecule has 1 aromatic carbocycles. The summed E-state index contributed by atoms with van der Waals surface area (Å²) in [6.07, 6.45) is 1.89. The summed E-state index contributed by atoms with van der Waals surface area (Å²) in [4.78, 5) is 36.5. The monoisotopic (exact) mass is 597 g/mol. The number of phenols is 1. The van der Waals surface area contributed by atoms with Gasteiger partial charge >= 0.3 is 11.1 Å². The Morgan fingerprint density at radius 3 is 2.40 bits per heavy atom. The highest BCUT2D eigenvalue weighted by atomic mass is 32.2. The number of rotatable bonds is 6. The maximum atomic E-state index is 15.8. The summed E-state index contributed by atoms with van der Waals surface area (Å²) < 4.78 is 58.7. The van der Waals surface area contributed by atoms with E-state index in [1.807, 2.05) is 13.8 Å². The lowest BCUT2D eigenvalue weighted by atomic mass is 10.0. The molecule has 1 saturated heterocycles. The number of benzene rings is 1. The third kappa shape index (κ3) is 4.81. The van der Waals surface area contributed by atoms with E-state index in [4.69, 9.17) is 0 Å². The minimum absolute atomic E-state index is 0.0420. The van der Waals surface area contributed by atoms with Crippen LogP contribution in [-0.2, 0) is 10.0 Å². The number of nitrogens with zero attached hydrogens (tertiary/aromatic N) is 5. The molecule has 0 radical (unpaired) electrons. The number of sulfonamides is 1. The van der Waals surface area contributed by atoms with Gasteiger partial charge in [-0.1, -0.05) is 26.5 Å². The second kappa shape index (κ2) is 10.9. The van der Waals surface area contributed by atoms with E-state index in [0.717, 1.165) is 26.7 Å². The topological polar surface area (TPSA) is 127 Å². The molecular weight excluding hydrogens is 568 g/mol. The van der Waals surface area contributed by atoms with Crippen molar-refractivity contribution in [1.29, 1.82) is 0 Å². The molecule has 3 aromatic heterocycles. The lowest BCUT2D eigenvalue weighted by molar-refractivity contribution is 0.275. The summed E-state index contributed by atoms with van der Waals surface area (Å²) in [5.74, 6) is -2.70. The van der Waals surface area contributed by atoms with Gasteiger partial charge in [-0.25, -0.2) is 22.2 Å². The molecule has 4 aromatic rings. The number of hydrogen-bond donors (Lipinski definition) is 1. The lowest BCUT2D eigenvalue weighted by Crippen LogP contribution is -2.46. The zero-order chi connectivity index (χ0) is 30.5. The molecule has 13 heteroatoms. The Hall–Kier alpha value is -4.23. The molecule has 0 unspecified atom stereocenters. The normalized spacial score (nSPS) is 15.0. The minimum Gasteiger partial charge on any atom is -0.507 e. The van der Waals surface area contributed by atoms with Crippen LogP contribution in [0.15, 0.2) is 58.1 Å². The minimum atomic E-state index is -3.69. The van der Waals surface area contributed by atoms with E-state index in [1.54, 1.807) is 19.2 Å². The second-order valence-electron chi connectivity index (χ2n) is 10.5. The molecule has 1 aliphatic heterocycles. The summed E-state index contributed by atoms with van der Waals surface area (Å²) in [6.45, 7) is 8.89. The number of aryl methyl sites for hydroxylation is 1. The predicted molar refractivity (Wildman–Crippen MR) is 154 cm³/mol. The first-order valence-electron chi connectivity index (χ1n) is 13.3. The maximum absolute atomic E-state index is 15.8. The van der Waals surface area contributed by atoms with Crippen molar-refractivity contribution in [2.75, 3.05) is 13.1 Å². The first kappa shape index (κ1) is 29.3. The number of fused-ring (bicyclic) bond motifs is 1. The Balaban J connectivity index is 1.86. The van der Waals surface area contributed by atoms with Gasteiger partial charge in [-0.3, -0.25) is 23.7 Å². The van der Waals surface area contributed by atoms with Crippen LogP contribution in [0.4, 0.5) is 8.78 Å². The molecule has 0 spiro atoms. The highest BCUT2D eigenvalue weighted by Gasteiger charge is 2.31. The van der Waals surface area contributed by atoms with Crippen molar-refractivity contribution < 1.29 is 22.3 Å². The molecule has 0 atom stereocenters. The smallest absolute Gasteiger partial charge is 0.322 e. The van der Waals surface area contributed by atoms with E-state index in [-0.39, 0.29) is 43.0 Å². The average Bonchev–Trinajstić information content (AvgIpc) is 2.95. The predicted octanol–water partition coefficient (Wildman–Crippen LogP) is 4.14. The fraction of sp³-hybridized carbons (Fsp3) is 0.310. The van der Waals surface area contributed by atoms with E-state index in [2.05, 4.69) is 16.5 Å². The van der Waals surface area contributed by atoms with Crippen LogP contribution in [0.25, 0.3) is 28.1 Å². The van der Waals surface area contributed by atoms with Crippen LogP contribution >= 0.6 is 0 Å². The summed E-state index contributed by atoms with van der Waals surface area (Å²) in [7, 11) is -3.69. The zero-order valence-corrected chi connectivity index (χ0v) is 24.0. The number of aromatic hydroxyl groups is 1. The third-order valence-electron chi connectivity index (χ3n) is 7.52. The van der Waals surface area contributed by atoms with Gasteiger partial charge in [0.05, 0.1) is 22.5 Å². The highest BCUT2D eigenvalue weighted by molar-refractivity contribution is 7.92. The van der Waals surface area contributed by atoms with Crippen LogP contribution in [0.5, 0.6) is 5.75 Å². The Morgan fingerprint density at radius 2 is 1.79 bits per heavy atom. The lowest BCUT2D eigenvalue weighted by Gasteiger charge is -2.32. The largest absolute Gasteiger partial charge is 0.507 e. The van der Waals surface area contributed by atoms with Gasteiger partial charge in [-0.2, -0.15) is 4.31 Å². The van der Waals surface area contributed by atoms with Gasteiger partial charge < -0.3 is 5.11 Å². The maximum Gasteiger partial charge on any atom is 0.322 e. The van der Waals surface area contributed by atoms with E-state index >= 15 is 4.39 Å². The van der Waals surface area contributed by atoms with E-state index in [0.29, 0.717) is 16.9 Å². The van der Waals surface area contributed by atoms with E-state index in [9.17, 15) is 27.5 Å². The molecule has 10 nitrogen and oxygen atoms in total. The third-order valence-corrected chi connectivity index (χ3v) is 9.03. The molecule has 1 aliphatic rings. The van der Waals surface area contributed by atoms with Gasteiger partial charge in [0.15, 0.2) is 11.5 Å². The molecule has 0 amide bonds. The molecule has 5 rings (SSSR count). The average molecular weight is 598 g/mol. The number of phenolic OH excluding ortho intramolecular Hbond substituents is 1. The van der Waals surface area contributed by atoms with Crippen LogP contribution in [-0.4, -0.2) is 50.0 Å². The van der Waals surface area contributed by atoms with Crippen LogP contribution in [0.3, 0.4) is 0 Å². The molecule has 4 heterocycles. The Kier molecular flexibility index (Phi) is 7.58. The zero-order valence-electron chi connectivity index (χ0n) is 23.2. The number of hydrogen-bond acceptors (Lipinski definition) is 7. The Labute approximate surface area is 240 Å². The summed E-state index contributed by atoms with van der Waals surface area (Å²) >= 11 is 0. The van der Waals surface area contributed by atoms with Crippen LogP contribution in [0, 0.1) is 18.6 Å². The molecular formula is C29H29F2N5O5S. The van der Waals surface area contributed by atoms with Gasteiger partial charge in [-0.05, 0) is 49.4 Å². The number of halogens is 2. The van der Waals surface area contributed by atoms with Gasteiger partial charge in [0.1, 0.15) is 17.3 Å². The molecule has 1 N–H and O–H groups in total. The first-order chi connectivity index (χ1) is 19.9. The van der Waals surface area contributed by atoms with Crippen molar-refractivity contribution in [1.82, 2.24) is 23.4 Å². The molecule has 220 valence electrons. The van der Waals surface area contributed by atoms with Crippen molar-refractivity contribution in [3.63, 3.8) is 0 Å². The van der Waals surface area contributed by atoms with Gasteiger partial charge in [0.25, 0.3) is 0 Å². The fourth-order valence-electron chi connectivity index (χ4n) is 5.45. The summed E-state index contributed by atoms with van der Waals surface area (Å²) in [5, 5.41) is 11.3. The van der Waals surface area contributed by atoms with Gasteiger partial charge in [0.2, 0.25) is 10.0 Å². The van der Waals surface area contributed by atoms with E-state index in [1.165, 1.54) is 16.4 Å². The molecule has 1 fully saturated rings. The van der Waals surface area contributed by atoms with Crippen LogP contribution in [0.2, 0.25) is 0 Å². The van der Waals surface area contributed by atoms with Crippen LogP contribution in [0.1, 0.15) is 49.9 Å². The van der Waals surface area contributed by atoms with Crippen molar-refractivity contribution in [2.45, 2.75) is 45.6 Å². The fourth-order valence-corrected chi connectivity index (χ4v) is 6.38. The quantitative estimate of drug-likeness (QED) is 0.331. The number of aromatic nitrogens is 4. The van der Waals surface area contributed by atoms with Gasteiger partial charge in [0, 0.05) is 36.8 Å². The highest BCUT2D eigenvalue weighted by Crippen LogP contribution is 2.35. The number of piperidine rings is 1. The van der Waals surface area contributed by atoms with Crippen molar-refractivity contribution in [3.05, 3.63) is 92.1 Å². The molecule has 0 saturated carbocycles. The summed E-state index contributed by atoms with van der Waals surface area (Å²) in [5.41, 5.74) is -1.78. The Morgan fingerprint density at radius 1 is 1.10 bits per heavy atom. The van der Waals surface area contributed by atoms with Crippen LogP contribution < -0.4 is 11.1 Å². The summed E-state index contributed by atoms with van der Waals surface area (Å²) in [6, 6.07) is 5.48. The SMILES string of the molecule is C=CS(=O)(=O)N1CCC(n2c(=O)c(=O)n(-c3c(C)ccnc3C(C)C)c3nc(-c4c(O)cccc4F)c(F)cc32)CC1. The molecule has 0 aliphatic carbocycles. The standard InChI is InChI=1S/C29H29F2N5O5S/c1-5-42(40,41)34-13-10-18(11-14-34)35-21-15-20(31)25(23-19(30)7-6-8-22(23)37)33-27(21)36(29(39)28(35)38)26-17(4)9-12-32-24(26)16(2)3/h5-9,12,15-16,18,37H,1,10-11,13-14H2,2-4H3. The Bertz CT molecular complexity index is 1940. The van der Waals surface area contributed by atoms with Crippen molar-refractivity contribution in [3.8, 4) is 22.7 Å². The van der Waals surface area contributed by atoms with Gasteiger partial charge in [-0.15, -0.1) is 0 Å². The second-order valence-corrected chi connectivity index (χ2v) is 12.3. The van der Waals surface area contributed by atoms with Crippen molar-refractivity contribution in [2.24, 2.45) is 0 Å². The number of pyridine rings is 2. The first-order valence-corrected chi connectivity index (χ1v) is 14.8.